The topological polar surface area (TPSA) is 65.2 Å². The van der Waals surface area contributed by atoms with Crippen LogP contribution in [0, 0.1) is 0 Å². The Morgan fingerprint density at radius 3 is 2.12 bits per heavy atom. The number of halogens is 1. The summed E-state index contributed by atoms with van der Waals surface area (Å²) in [5.74, 6) is -0.436. The number of pyridine rings is 1. The number of amides is 1. The van der Waals surface area contributed by atoms with Crippen LogP contribution in [0.3, 0.4) is 0 Å². The Morgan fingerprint density at radius 1 is 0.853 bits per heavy atom. The monoisotopic (exact) mass is 471 g/mol. The van der Waals surface area contributed by atoms with E-state index >= 15 is 0 Å². The number of nitrogens with zero attached hydrogens (tertiary/aromatic N) is 1. The second-order valence-corrected chi connectivity index (χ2v) is 8.69. The molecule has 3 aromatic carbocycles. The quantitative estimate of drug-likeness (QED) is 0.372. The van der Waals surface area contributed by atoms with Crippen molar-refractivity contribution >= 4 is 17.5 Å². The van der Waals surface area contributed by atoms with Gasteiger partial charge in [0.05, 0.1) is 6.04 Å². The average Bonchev–Trinajstić information content (AvgIpc) is 2.84. The normalized spacial score (nSPS) is 11.9. The lowest BCUT2D eigenvalue weighted by Gasteiger charge is -2.20. The van der Waals surface area contributed by atoms with Gasteiger partial charge >= 0.3 is 0 Å². The van der Waals surface area contributed by atoms with E-state index in [1.807, 2.05) is 67.7 Å². The number of carbonyl (C=O) groups excluding carboxylic acids is 1. The van der Waals surface area contributed by atoms with E-state index in [2.05, 4.69) is 27.3 Å². The Kier molecular flexibility index (Phi) is 7.58. The molecular formula is C28H26ClN3O2. The number of aromatic amines is 1. The fourth-order valence-corrected chi connectivity index (χ4v) is 4.02. The second kappa shape index (κ2) is 11.0. The molecule has 0 saturated carbocycles. The second-order valence-electron chi connectivity index (χ2n) is 8.25. The third-order valence-electron chi connectivity index (χ3n) is 5.56. The van der Waals surface area contributed by atoms with Gasteiger partial charge in [0.2, 0.25) is 0 Å². The summed E-state index contributed by atoms with van der Waals surface area (Å²) in [6, 6.07) is 30.0. The first-order valence-corrected chi connectivity index (χ1v) is 11.4. The molecule has 34 heavy (non-hydrogen) atoms. The highest BCUT2D eigenvalue weighted by atomic mass is 35.5. The number of aromatic nitrogens is 1. The predicted molar refractivity (Wildman–Crippen MR) is 136 cm³/mol. The number of benzene rings is 3. The molecule has 2 N–H and O–H groups in total. The van der Waals surface area contributed by atoms with Gasteiger partial charge in [-0.15, -0.1) is 0 Å². The van der Waals surface area contributed by atoms with Gasteiger partial charge in [0.15, 0.2) is 0 Å². The molecule has 0 spiro atoms. The average molecular weight is 472 g/mol. The van der Waals surface area contributed by atoms with Crippen LogP contribution >= 0.6 is 11.6 Å². The van der Waals surface area contributed by atoms with Gasteiger partial charge in [-0.3, -0.25) is 14.5 Å². The zero-order valence-electron chi connectivity index (χ0n) is 18.9. The maximum Gasteiger partial charge on any atom is 0.261 e. The molecule has 6 heteroatoms. The first-order valence-electron chi connectivity index (χ1n) is 11.1. The summed E-state index contributed by atoms with van der Waals surface area (Å²) in [6.07, 6.45) is 0. The maximum absolute atomic E-state index is 13.1. The minimum Gasteiger partial charge on any atom is -0.341 e. The molecule has 4 aromatic rings. The summed E-state index contributed by atoms with van der Waals surface area (Å²) in [6.45, 7) is 1.31. The number of nitrogens with one attached hydrogen (secondary N) is 2. The molecule has 4 rings (SSSR count). The van der Waals surface area contributed by atoms with E-state index in [-0.39, 0.29) is 5.56 Å². The first kappa shape index (κ1) is 23.5. The smallest absolute Gasteiger partial charge is 0.261 e. The van der Waals surface area contributed by atoms with Crippen molar-refractivity contribution in [3.05, 3.63) is 140 Å². The molecule has 0 fully saturated rings. The molecule has 0 bridgehead atoms. The molecule has 1 amide bonds. The summed E-state index contributed by atoms with van der Waals surface area (Å²) >= 11 is 6.04. The molecule has 0 aliphatic rings. The van der Waals surface area contributed by atoms with Crippen LogP contribution in [-0.2, 0) is 13.1 Å². The van der Waals surface area contributed by atoms with Gasteiger partial charge in [0, 0.05) is 23.8 Å². The molecule has 0 aliphatic heterocycles. The van der Waals surface area contributed by atoms with Crippen LogP contribution in [0.25, 0.3) is 0 Å². The third-order valence-corrected chi connectivity index (χ3v) is 5.81. The lowest BCUT2D eigenvalue weighted by Crippen LogP contribution is -2.33. The lowest BCUT2D eigenvalue weighted by molar-refractivity contribution is 0.0941. The van der Waals surface area contributed by atoms with E-state index in [1.165, 1.54) is 5.56 Å². The molecule has 1 unspecified atom stereocenters. The molecule has 172 valence electrons. The number of rotatable bonds is 8. The summed E-state index contributed by atoms with van der Waals surface area (Å²) in [4.78, 5) is 30.8. The van der Waals surface area contributed by atoms with E-state index < -0.39 is 17.5 Å². The van der Waals surface area contributed by atoms with Crippen LogP contribution in [0.1, 0.15) is 38.8 Å². The highest BCUT2D eigenvalue weighted by Gasteiger charge is 2.20. The van der Waals surface area contributed by atoms with Crippen molar-refractivity contribution in [2.24, 2.45) is 0 Å². The Hall–Kier alpha value is -3.67. The molecule has 5 nitrogen and oxygen atoms in total. The van der Waals surface area contributed by atoms with Gasteiger partial charge in [-0.1, -0.05) is 84.4 Å². The van der Waals surface area contributed by atoms with Crippen molar-refractivity contribution in [2.45, 2.75) is 19.1 Å². The summed E-state index contributed by atoms with van der Waals surface area (Å²) in [7, 11) is 1.99. The van der Waals surface area contributed by atoms with Crippen molar-refractivity contribution in [3.8, 4) is 0 Å². The Balaban J connectivity index is 1.50. The molecule has 1 atom stereocenters. The number of hydrogen-bond donors (Lipinski definition) is 2. The van der Waals surface area contributed by atoms with Crippen LogP contribution in [0.2, 0.25) is 5.02 Å². The van der Waals surface area contributed by atoms with Gasteiger partial charge in [0.1, 0.15) is 5.56 Å². The summed E-state index contributed by atoms with van der Waals surface area (Å²) in [5.41, 5.74) is 3.39. The SMILES string of the molecule is CN(Cc1ccccc1)Cc1ccc(C(=O)NC(c2ccccc2)c2ccc(Cl)cc2)c(=O)[nH]1. The van der Waals surface area contributed by atoms with E-state index in [0.29, 0.717) is 11.6 Å². The zero-order chi connectivity index (χ0) is 23.9. The van der Waals surface area contributed by atoms with Crippen LogP contribution in [-0.4, -0.2) is 22.8 Å². The Bertz CT molecular complexity index is 1290. The Labute approximate surface area is 204 Å². The standard InChI is InChI=1S/C28H26ClN3O2/c1-32(18-20-8-4-2-5-9-20)19-24-16-17-25(27(33)30-24)28(34)31-26(21-10-6-3-7-11-21)22-12-14-23(29)15-13-22/h2-17,26H,18-19H2,1H3,(H,30,33)(H,31,34). The summed E-state index contributed by atoms with van der Waals surface area (Å²) < 4.78 is 0. The fraction of sp³-hybridized carbons (Fsp3) is 0.143. The van der Waals surface area contributed by atoms with Crippen LogP contribution in [0.5, 0.6) is 0 Å². The lowest BCUT2D eigenvalue weighted by atomic mass is 9.98. The van der Waals surface area contributed by atoms with Gasteiger partial charge in [-0.2, -0.15) is 0 Å². The van der Waals surface area contributed by atoms with Gasteiger partial charge < -0.3 is 10.3 Å². The molecule has 1 heterocycles. The van der Waals surface area contributed by atoms with Crippen molar-refractivity contribution in [2.75, 3.05) is 7.05 Å². The maximum atomic E-state index is 13.1. The number of carbonyl (C=O) groups is 1. The molecule has 0 saturated heterocycles. The predicted octanol–water partition coefficient (Wildman–Crippen LogP) is 5.18. The number of H-pyrrole nitrogens is 1. The van der Waals surface area contributed by atoms with Crippen molar-refractivity contribution < 1.29 is 4.79 Å². The Morgan fingerprint density at radius 2 is 1.47 bits per heavy atom. The van der Waals surface area contributed by atoms with Gasteiger partial charge in [-0.25, -0.2) is 0 Å². The third kappa shape index (κ3) is 6.01. The molecule has 0 aliphatic carbocycles. The fourth-order valence-electron chi connectivity index (χ4n) is 3.90. The van der Waals surface area contributed by atoms with Crippen molar-refractivity contribution in [1.82, 2.24) is 15.2 Å². The first-order chi connectivity index (χ1) is 16.5. The van der Waals surface area contributed by atoms with Crippen molar-refractivity contribution in [3.63, 3.8) is 0 Å². The van der Waals surface area contributed by atoms with E-state index in [9.17, 15) is 9.59 Å². The van der Waals surface area contributed by atoms with E-state index in [4.69, 9.17) is 11.6 Å². The van der Waals surface area contributed by atoms with Crippen LogP contribution in [0.15, 0.2) is 102 Å². The zero-order valence-corrected chi connectivity index (χ0v) is 19.6. The van der Waals surface area contributed by atoms with Gasteiger partial charge in [-0.05, 0) is 48.0 Å². The molecule has 0 radical (unpaired) electrons. The van der Waals surface area contributed by atoms with Crippen molar-refractivity contribution in [1.29, 1.82) is 0 Å². The van der Waals surface area contributed by atoms with Crippen LogP contribution in [0.4, 0.5) is 0 Å². The molecule has 1 aromatic heterocycles. The largest absolute Gasteiger partial charge is 0.341 e. The number of hydrogen-bond acceptors (Lipinski definition) is 3. The minimum absolute atomic E-state index is 0.0735. The summed E-state index contributed by atoms with van der Waals surface area (Å²) in [5, 5.41) is 3.62. The van der Waals surface area contributed by atoms with E-state index in [1.54, 1.807) is 24.3 Å². The van der Waals surface area contributed by atoms with Crippen LogP contribution < -0.4 is 10.9 Å². The molecular weight excluding hydrogens is 446 g/mol. The highest BCUT2D eigenvalue weighted by molar-refractivity contribution is 6.30. The van der Waals surface area contributed by atoms with E-state index in [0.717, 1.165) is 23.4 Å². The van der Waals surface area contributed by atoms with Gasteiger partial charge in [0.25, 0.3) is 11.5 Å². The minimum atomic E-state index is -0.436. The highest BCUT2D eigenvalue weighted by Crippen LogP contribution is 2.24.